The number of aryl methyl sites for hydroxylation is 1. The van der Waals surface area contributed by atoms with Gasteiger partial charge in [0.25, 0.3) is 0 Å². The van der Waals surface area contributed by atoms with E-state index in [1.807, 2.05) is 17.8 Å². The van der Waals surface area contributed by atoms with E-state index in [1.165, 1.54) is 5.56 Å². The summed E-state index contributed by atoms with van der Waals surface area (Å²) < 4.78 is 0. The molecule has 0 amide bonds. The molecular formula is C11H9N3S. The second-order valence-electron chi connectivity index (χ2n) is 3.47. The maximum Gasteiger partial charge on any atom is 0.150 e. The number of nitrogens with zero attached hydrogens (tertiary/aromatic N) is 2. The molecule has 0 aliphatic carbocycles. The summed E-state index contributed by atoms with van der Waals surface area (Å²) >= 11 is 1.59. The Morgan fingerprint density at radius 1 is 1.33 bits per heavy atom. The molecule has 0 bridgehead atoms. The molecule has 0 fully saturated rings. The molecule has 0 spiro atoms. The standard InChI is InChI=1S/C11H9N3S/c1-7-2-3-8-9(4-7)14-11(13-8)10-5-12-6-15-10/h2-6H,1H3,(H,13,14). The number of benzene rings is 1. The number of imidazole rings is 1. The topological polar surface area (TPSA) is 41.6 Å². The summed E-state index contributed by atoms with van der Waals surface area (Å²) in [5, 5.41) is 0. The minimum absolute atomic E-state index is 0.901. The van der Waals surface area contributed by atoms with E-state index in [9.17, 15) is 0 Å². The fraction of sp³-hybridized carbons (Fsp3) is 0.0909. The molecule has 0 unspecified atom stereocenters. The van der Waals surface area contributed by atoms with Gasteiger partial charge in [-0.05, 0) is 24.6 Å². The molecule has 15 heavy (non-hydrogen) atoms. The van der Waals surface area contributed by atoms with Gasteiger partial charge in [0.2, 0.25) is 0 Å². The number of nitrogens with one attached hydrogen (secondary N) is 1. The first-order chi connectivity index (χ1) is 7.33. The Morgan fingerprint density at radius 2 is 2.27 bits per heavy atom. The zero-order valence-electron chi connectivity index (χ0n) is 8.19. The normalized spacial score (nSPS) is 11.0. The Labute approximate surface area is 90.8 Å². The summed E-state index contributed by atoms with van der Waals surface area (Å²) in [7, 11) is 0. The maximum atomic E-state index is 4.51. The van der Waals surface area contributed by atoms with Gasteiger partial charge >= 0.3 is 0 Å². The predicted octanol–water partition coefficient (Wildman–Crippen LogP) is 2.99. The molecule has 4 heteroatoms. The van der Waals surface area contributed by atoms with Gasteiger partial charge in [0, 0.05) is 6.20 Å². The second-order valence-corrected chi connectivity index (χ2v) is 4.36. The minimum Gasteiger partial charge on any atom is -0.337 e. The lowest BCUT2D eigenvalue weighted by molar-refractivity contribution is 1.34. The molecule has 3 rings (SSSR count). The molecule has 0 atom stereocenters. The highest BCUT2D eigenvalue weighted by molar-refractivity contribution is 7.13. The van der Waals surface area contributed by atoms with Crippen LogP contribution in [-0.4, -0.2) is 15.0 Å². The van der Waals surface area contributed by atoms with E-state index in [4.69, 9.17) is 0 Å². The zero-order chi connectivity index (χ0) is 10.3. The van der Waals surface area contributed by atoms with Crippen LogP contribution >= 0.6 is 11.3 Å². The molecule has 2 aromatic heterocycles. The monoisotopic (exact) mass is 215 g/mol. The van der Waals surface area contributed by atoms with Crippen LogP contribution in [0.5, 0.6) is 0 Å². The number of aromatic amines is 1. The molecule has 3 aromatic rings. The Balaban J connectivity index is 2.22. The summed E-state index contributed by atoms with van der Waals surface area (Å²) in [5.74, 6) is 0.901. The number of hydrogen-bond acceptors (Lipinski definition) is 3. The molecule has 0 saturated heterocycles. The molecule has 1 N–H and O–H groups in total. The van der Waals surface area contributed by atoms with Gasteiger partial charge in [-0.3, -0.25) is 4.98 Å². The Bertz CT molecular complexity index is 595. The fourth-order valence-electron chi connectivity index (χ4n) is 1.57. The Hall–Kier alpha value is -1.68. The summed E-state index contributed by atoms with van der Waals surface area (Å²) in [5.41, 5.74) is 5.14. The molecule has 0 aliphatic heterocycles. The van der Waals surface area contributed by atoms with Crippen molar-refractivity contribution in [1.82, 2.24) is 15.0 Å². The van der Waals surface area contributed by atoms with Crippen LogP contribution in [0.2, 0.25) is 0 Å². The molecule has 74 valence electrons. The van der Waals surface area contributed by atoms with Crippen molar-refractivity contribution in [2.24, 2.45) is 0 Å². The van der Waals surface area contributed by atoms with Crippen molar-refractivity contribution in [2.75, 3.05) is 0 Å². The quantitative estimate of drug-likeness (QED) is 0.678. The van der Waals surface area contributed by atoms with E-state index in [0.717, 1.165) is 21.7 Å². The van der Waals surface area contributed by atoms with Gasteiger partial charge in [0.05, 0.1) is 21.4 Å². The molecule has 3 nitrogen and oxygen atoms in total. The largest absolute Gasteiger partial charge is 0.337 e. The molecule has 2 heterocycles. The number of rotatable bonds is 1. The van der Waals surface area contributed by atoms with Gasteiger partial charge in [0.1, 0.15) is 5.82 Å². The van der Waals surface area contributed by atoms with Gasteiger partial charge in [0.15, 0.2) is 0 Å². The predicted molar refractivity (Wildman–Crippen MR) is 61.9 cm³/mol. The maximum absolute atomic E-state index is 4.51. The van der Waals surface area contributed by atoms with Crippen molar-refractivity contribution in [3.63, 3.8) is 0 Å². The van der Waals surface area contributed by atoms with Gasteiger partial charge in [-0.2, -0.15) is 0 Å². The van der Waals surface area contributed by atoms with Crippen LogP contribution in [0.3, 0.4) is 0 Å². The van der Waals surface area contributed by atoms with Gasteiger partial charge in [-0.1, -0.05) is 6.07 Å². The van der Waals surface area contributed by atoms with Crippen LogP contribution in [-0.2, 0) is 0 Å². The lowest BCUT2D eigenvalue weighted by Gasteiger charge is -1.89. The lowest BCUT2D eigenvalue weighted by Crippen LogP contribution is -1.72. The number of H-pyrrole nitrogens is 1. The van der Waals surface area contributed by atoms with Crippen LogP contribution in [0.1, 0.15) is 5.56 Å². The van der Waals surface area contributed by atoms with E-state index in [0.29, 0.717) is 0 Å². The van der Waals surface area contributed by atoms with Crippen molar-refractivity contribution >= 4 is 22.4 Å². The smallest absolute Gasteiger partial charge is 0.150 e. The Morgan fingerprint density at radius 3 is 3.07 bits per heavy atom. The third-order valence-electron chi connectivity index (χ3n) is 2.30. The van der Waals surface area contributed by atoms with Crippen molar-refractivity contribution in [3.8, 4) is 10.7 Å². The Kier molecular flexibility index (Phi) is 1.82. The van der Waals surface area contributed by atoms with Gasteiger partial charge < -0.3 is 4.98 Å². The molecular weight excluding hydrogens is 206 g/mol. The lowest BCUT2D eigenvalue weighted by atomic mass is 10.2. The van der Waals surface area contributed by atoms with E-state index in [1.54, 1.807) is 11.3 Å². The number of thiazole rings is 1. The third-order valence-corrected chi connectivity index (χ3v) is 3.08. The average molecular weight is 215 g/mol. The first-order valence-electron chi connectivity index (χ1n) is 4.68. The van der Waals surface area contributed by atoms with Crippen LogP contribution < -0.4 is 0 Å². The van der Waals surface area contributed by atoms with Crippen LogP contribution in [0.15, 0.2) is 29.9 Å². The number of hydrogen-bond donors (Lipinski definition) is 1. The van der Waals surface area contributed by atoms with E-state index < -0.39 is 0 Å². The first kappa shape index (κ1) is 8.61. The highest BCUT2D eigenvalue weighted by atomic mass is 32.1. The SMILES string of the molecule is Cc1ccc2nc(-c3cncs3)[nH]c2c1. The van der Waals surface area contributed by atoms with Crippen molar-refractivity contribution in [3.05, 3.63) is 35.5 Å². The molecule has 0 saturated carbocycles. The fourth-order valence-corrected chi connectivity index (χ4v) is 2.14. The average Bonchev–Trinajstić information content (AvgIpc) is 2.84. The van der Waals surface area contributed by atoms with Crippen molar-refractivity contribution in [2.45, 2.75) is 6.92 Å². The first-order valence-corrected chi connectivity index (χ1v) is 5.56. The third kappa shape index (κ3) is 1.43. The minimum atomic E-state index is 0.901. The molecule has 0 aliphatic rings. The zero-order valence-corrected chi connectivity index (χ0v) is 9.01. The van der Waals surface area contributed by atoms with Crippen LogP contribution in [0.4, 0.5) is 0 Å². The summed E-state index contributed by atoms with van der Waals surface area (Å²) in [6.45, 7) is 2.08. The number of fused-ring (bicyclic) bond motifs is 1. The number of aromatic nitrogens is 3. The van der Waals surface area contributed by atoms with Crippen molar-refractivity contribution < 1.29 is 0 Å². The summed E-state index contributed by atoms with van der Waals surface area (Å²) in [6.07, 6.45) is 1.83. The van der Waals surface area contributed by atoms with Gasteiger partial charge in [-0.15, -0.1) is 11.3 Å². The molecule has 0 radical (unpaired) electrons. The van der Waals surface area contributed by atoms with Gasteiger partial charge in [-0.25, -0.2) is 4.98 Å². The van der Waals surface area contributed by atoms with Crippen LogP contribution in [0, 0.1) is 6.92 Å². The van der Waals surface area contributed by atoms with Crippen LogP contribution in [0.25, 0.3) is 21.7 Å². The second kappa shape index (κ2) is 3.17. The van der Waals surface area contributed by atoms with E-state index in [-0.39, 0.29) is 0 Å². The molecule has 1 aromatic carbocycles. The highest BCUT2D eigenvalue weighted by Crippen LogP contribution is 2.23. The van der Waals surface area contributed by atoms with Crippen molar-refractivity contribution in [1.29, 1.82) is 0 Å². The summed E-state index contributed by atoms with van der Waals surface area (Å²) in [6, 6.07) is 6.21. The van der Waals surface area contributed by atoms with E-state index in [2.05, 4.69) is 34.0 Å². The highest BCUT2D eigenvalue weighted by Gasteiger charge is 2.05. The summed E-state index contributed by atoms with van der Waals surface area (Å²) in [4.78, 5) is 12.9. The van der Waals surface area contributed by atoms with E-state index >= 15 is 0 Å².